The largest absolute Gasteiger partial charge is 0.460 e. The summed E-state index contributed by atoms with van der Waals surface area (Å²) in [5.41, 5.74) is 0.895. The number of carbonyl (C=O) groups excluding carboxylic acids is 5. The summed E-state index contributed by atoms with van der Waals surface area (Å²) in [5, 5.41) is 17.9. The molecule has 5 rings (SSSR count). The number of aryl methyl sites for hydroxylation is 1. The van der Waals surface area contributed by atoms with Gasteiger partial charge in [0.1, 0.15) is 36.9 Å². The van der Waals surface area contributed by atoms with Crippen molar-refractivity contribution in [1.29, 1.82) is 0 Å². The van der Waals surface area contributed by atoms with Crippen LogP contribution in [0.4, 0.5) is 10.5 Å². The third-order valence-electron chi connectivity index (χ3n) is 8.89. The van der Waals surface area contributed by atoms with Crippen molar-refractivity contribution < 1.29 is 47.3 Å². The van der Waals surface area contributed by atoms with Crippen LogP contribution in [0.3, 0.4) is 0 Å². The number of tetrazole rings is 1. The van der Waals surface area contributed by atoms with Gasteiger partial charge in [-0.15, -0.1) is 15.0 Å². The SMILES string of the molecule is COCn1nnc(CC[C@H](NC(=O)OCc2ccccc2)C(=O)N2c3ccccc3C[C@H]2C(=O)N[C@@H](CC(=O)OC(C)(C)C)C(=O)COP(C)(=O)c2ccccc2)n1. The number of hydrogen-bond donors (Lipinski definition) is 2. The molecule has 1 unspecified atom stereocenters. The van der Waals surface area contributed by atoms with Crippen LogP contribution in [0.25, 0.3) is 0 Å². The van der Waals surface area contributed by atoms with Crippen LogP contribution in [0, 0.1) is 0 Å². The lowest BCUT2D eigenvalue weighted by molar-refractivity contribution is -0.156. The van der Waals surface area contributed by atoms with Crippen LogP contribution in [0.1, 0.15) is 50.6 Å². The molecule has 0 fully saturated rings. The van der Waals surface area contributed by atoms with Crippen LogP contribution in [-0.4, -0.2) is 94.0 Å². The molecule has 0 radical (unpaired) electrons. The van der Waals surface area contributed by atoms with Gasteiger partial charge < -0.3 is 29.4 Å². The summed E-state index contributed by atoms with van der Waals surface area (Å²) in [4.78, 5) is 71.5. The van der Waals surface area contributed by atoms with Crippen molar-refractivity contribution in [3.63, 3.8) is 0 Å². The molecule has 4 aromatic rings. The van der Waals surface area contributed by atoms with Crippen molar-refractivity contribution >= 4 is 48.0 Å². The lowest BCUT2D eigenvalue weighted by Gasteiger charge is -2.30. The van der Waals surface area contributed by atoms with E-state index in [2.05, 4.69) is 26.0 Å². The zero-order valence-electron chi connectivity index (χ0n) is 33.0. The number of nitrogens with one attached hydrogen (secondary N) is 2. The molecule has 0 aliphatic carbocycles. The highest BCUT2D eigenvalue weighted by Gasteiger charge is 2.42. The predicted octanol–water partition coefficient (Wildman–Crippen LogP) is 3.50. The molecule has 17 nitrogen and oxygen atoms in total. The highest BCUT2D eigenvalue weighted by Crippen LogP contribution is 2.41. The molecular formula is C40H48N7O10P. The topological polar surface area (TPSA) is 210 Å². The lowest BCUT2D eigenvalue weighted by atomic mass is 10.1. The third-order valence-corrected chi connectivity index (χ3v) is 10.7. The van der Waals surface area contributed by atoms with E-state index in [1.54, 1.807) is 99.6 Å². The van der Waals surface area contributed by atoms with Gasteiger partial charge in [0.25, 0.3) is 0 Å². The molecule has 3 amide bonds. The molecule has 1 aliphatic rings. The summed E-state index contributed by atoms with van der Waals surface area (Å²) in [6.07, 6.45) is -1.30. The number of esters is 1. The Balaban J connectivity index is 1.39. The Morgan fingerprint density at radius 2 is 1.59 bits per heavy atom. The molecule has 58 heavy (non-hydrogen) atoms. The van der Waals surface area contributed by atoms with Crippen molar-refractivity contribution in [2.45, 2.75) is 83.5 Å². The van der Waals surface area contributed by atoms with Crippen LogP contribution in [-0.2, 0) is 68.7 Å². The number of benzene rings is 3. The van der Waals surface area contributed by atoms with Gasteiger partial charge in [-0.3, -0.25) is 28.6 Å². The first-order chi connectivity index (χ1) is 27.6. The zero-order chi connectivity index (χ0) is 41.9. The smallest absolute Gasteiger partial charge is 0.408 e. The van der Waals surface area contributed by atoms with Crippen LogP contribution in [0.2, 0.25) is 0 Å². The molecular weight excluding hydrogens is 769 g/mol. The Morgan fingerprint density at radius 3 is 2.28 bits per heavy atom. The summed E-state index contributed by atoms with van der Waals surface area (Å²) < 4.78 is 35.0. The average molecular weight is 818 g/mol. The van der Waals surface area contributed by atoms with Gasteiger partial charge in [0.2, 0.25) is 19.2 Å². The van der Waals surface area contributed by atoms with Crippen molar-refractivity contribution in [1.82, 2.24) is 30.8 Å². The number of rotatable bonds is 18. The van der Waals surface area contributed by atoms with Crippen molar-refractivity contribution in [3.8, 4) is 0 Å². The molecule has 18 heteroatoms. The van der Waals surface area contributed by atoms with E-state index in [4.69, 9.17) is 18.7 Å². The molecule has 0 saturated heterocycles. The summed E-state index contributed by atoms with van der Waals surface area (Å²) in [7, 11) is -1.99. The molecule has 0 saturated carbocycles. The predicted molar refractivity (Wildman–Crippen MR) is 211 cm³/mol. The van der Waals surface area contributed by atoms with Crippen molar-refractivity contribution in [2.75, 3.05) is 25.3 Å². The summed E-state index contributed by atoms with van der Waals surface area (Å²) >= 11 is 0. The van der Waals surface area contributed by atoms with Crippen LogP contribution in [0.15, 0.2) is 84.9 Å². The number of anilines is 1. The van der Waals surface area contributed by atoms with E-state index in [-0.39, 0.29) is 38.4 Å². The summed E-state index contributed by atoms with van der Waals surface area (Å²) in [5.74, 6) is -2.64. The Labute approximate surface area is 336 Å². The number of carbonyl (C=O) groups is 5. The number of methoxy groups -OCH3 is 1. The van der Waals surface area contributed by atoms with Crippen LogP contribution < -0.4 is 20.8 Å². The minimum absolute atomic E-state index is 0.0134. The van der Waals surface area contributed by atoms with Crippen LogP contribution in [0.5, 0.6) is 0 Å². The maximum atomic E-state index is 14.7. The molecule has 308 valence electrons. The monoisotopic (exact) mass is 817 g/mol. The number of Topliss-reactive ketones (excluding diaryl/α,β-unsaturated/α-hetero) is 1. The molecule has 0 spiro atoms. The van der Waals surface area contributed by atoms with Gasteiger partial charge in [0.15, 0.2) is 18.3 Å². The minimum atomic E-state index is -3.47. The Kier molecular flexibility index (Phi) is 14.6. The van der Waals surface area contributed by atoms with Gasteiger partial charge >= 0.3 is 12.1 Å². The lowest BCUT2D eigenvalue weighted by Crippen LogP contribution is -2.57. The van der Waals surface area contributed by atoms with E-state index in [0.29, 0.717) is 16.6 Å². The number of ether oxygens (including phenoxy) is 3. The Morgan fingerprint density at radius 1 is 0.914 bits per heavy atom. The highest BCUT2D eigenvalue weighted by molar-refractivity contribution is 7.66. The van der Waals surface area contributed by atoms with E-state index in [0.717, 1.165) is 5.56 Å². The van der Waals surface area contributed by atoms with Gasteiger partial charge in [-0.25, -0.2) is 4.79 Å². The maximum Gasteiger partial charge on any atom is 0.408 e. The molecule has 4 atom stereocenters. The van der Waals surface area contributed by atoms with Crippen molar-refractivity contribution in [3.05, 3.63) is 102 Å². The quantitative estimate of drug-likeness (QED) is 0.109. The number of fused-ring (bicyclic) bond motifs is 1. The first-order valence-corrected chi connectivity index (χ1v) is 20.7. The molecule has 2 N–H and O–H groups in total. The van der Waals surface area contributed by atoms with E-state index in [1.165, 1.54) is 23.5 Å². The fourth-order valence-electron chi connectivity index (χ4n) is 6.14. The molecule has 3 aromatic carbocycles. The first-order valence-electron chi connectivity index (χ1n) is 18.6. The van der Waals surface area contributed by atoms with Gasteiger partial charge in [0, 0.05) is 37.6 Å². The minimum Gasteiger partial charge on any atom is -0.460 e. The van der Waals surface area contributed by atoms with E-state index in [9.17, 15) is 28.5 Å². The van der Waals surface area contributed by atoms with E-state index < -0.39 is 73.8 Å². The second kappa shape index (κ2) is 19.6. The number of alkyl carbamates (subject to hydrolysis) is 1. The number of hydrogen-bond acceptors (Lipinski definition) is 13. The third kappa shape index (κ3) is 12.1. The second-order valence-electron chi connectivity index (χ2n) is 14.6. The zero-order valence-corrected chi connectivity index (χ0v) is 33.9. The Hall–Kier alpha value is -5.77. The fraction of sp³-hybridized carbons (Fsp3) is 0.400. The molecule has 1 aromatic heterocycles. The summed E-state index contributed by atoms with van der Waals surface area (Å²) in [6, 6.07) is 20.3. The number of ketones is 1. The first kappa shape index (κ1) is 43.4. The maximum absolute atomic E-state index is 14.7. The second-order valence-corrected chi connectivity index (χ2v) is 17.1. The van der Waals surface area contributed by atoms with Gasteiger partial charge in [-0.1, -0.05) is 66.7 Å². The van der Waals surface area contributed by atoms with Gasteiger partial charge in [-0.05, 0) is 61.7 Å². The number of amides is 3. The molecule has 0 bridgehead atoms. The summed E-state index contributed by atoms with van der Waals surface area (Å²) in [6.45, 7) is 5.66. The fourth-order valence-corrected chi connectivity index (χ4v) is 7.38. The number of para-hydroxylation sites is 1. The van der Waals surface area contributed by atoms with E-state index in [1.807, 2.05) is 6.07 Å². The standard InChI is InChI=1S/C40H48N7O10P/c1-40(2,3)57-36(49)23-31(34(48)25-56-58(5,53)29-17-10-7-11-18-29)41-37(50)33-22-28-16-12-13-19-32(28)47(33)38(51)30(20-21-35-43-45-46(44-35)26-54-4)42-39(52)55-24-27-14-8-6-9-15-27/h6-19,30-31,33H,20-26H2,1-5H3,(H,41,50)(H,42,52)/t30-,31-,33-,58?/m0/s1. The average Bonchev–Trinajstić information content (AvgIpc) is 3.82. The molecule has 2 heterocycles. The van der Waals surface area contributed by atoms with E-state index >= 15 is 0 Å². The van der Waals surface area contributed by atoms with Crippen molar-refractivity contribution in [2.24, 2.45) is 0 Å². The normalized spacial score (nSPS) is 15.7. The number of aromatic nitrogens is 4. The van der Waals surface area contributed by atoms with Crippen LogP contribution >= 0.6 is 7.37 Å². The Bertz CT molecular complexity index is 2110. The van der Waals surface area contributed by atoms with Gasteiger partial charge in [0.05, 0.1) is 6.42 Å². The number of nitrogens with zero attached hydrogens (tertiary/aromatic N) is 5. The molecule has 1 aliphatic heterocycles. The highest BCUT2D eigenvalue weighted by atomic mass is 31.2. The van der Waals surface area contributed by atoms with Gasteiger partial charge in [-0.2, -0.15) is 0 Å².